The third-order valence-electron chi connectivity index (χ3n) is 2.71. The summed E-state index contributed by atoms with van der Waals surface area (Å²) in [4.78, 5) is 0. The zero-order chi connectivity index (χ0) is 12.2. The van der Waals surface area contributed by atoms with E-state index in [9.17, 15) is 0 Å². The smallest absolute Gasteiger partial charge is 0.0222 e. The largest absolute Gasteiger partial charge is 0.329 e. The number of rotatable bonds is 4. The Morgan fingerprint density at radius 3 is 2.50 bits per heavy atom. The van der Waals surface area contributed by atoms with Gasteiger partial charge < -0.3 is 5.73 Å². The van der Waals surface area contributed by atoms with Gasteiger partial charge in [0.2, 0.25) is 0 Å². The van der Waals surface area contributed by atoms with Crippen molar-refractivity contribution in [3.05, 3.63) is 35.4 Å². The molecule has 0 fully saturated rings. The van der Waals surface area contributed by atoms with Crippen molar-refractivity contribution in [2.45, 2.75) is 38.7 Å². The molecule has 0 radical (unpaired) electrons. The molecule has 0 aliphatic rings. The van der Waals surface area contributed by atoms with E-state index < -0.39 is 0 Å². The number of thioether (sulfide) groups is 1. The van der Waals surface area contributed by atoms with Gasteiger partial charge in [-0.3, -0.25) is 0 Å². The van der Waals surface area contributed by atoms with E-state index in [2.05, 4.69) is 52.0 Å². The van der Waals surface area contributed by atoms with Crippen LogP contribution in [0, 0.1) is 12.3 Å². The highest BCUT2D eigenvalue weighted by molar-refractivity contribution is 7.99. The normalized spacial score (nSPS) is 13.8. The van der Waals surface area contributed by atoms with Crippen LogP contribution in [0.1, 0.15) is 31.9 Å². The topological polar surface area (TPSA) is 26.0 Å². The van der Waals surface area contributed by atoms with Crippen LogP contribution in [0.2, 0.25) is 0 Å². The maximum absolute atomic E-state index is 5.83. The molecule has 2 heteroatoms. The summed E-state index contributed by atoms with van der Waals surface area (Å²) in [6, 6.07) is 8.71. The number of hydrogen-bond acceptors (Lipinski definition) is 2. The van der Waals surface area contributed by atoms with E-state index in [0.29, 0.717) is 5.25 Å². The lowest BCUT2D eigenvalue weighted by Crippen LogP contribution is -2.30. The first kappa shape index (κ1) is 13.6. The van der Waals surface area contributed by atoms with Crippen molar-refractivity contribution >= 4 is 11.8 Å². The Balaban J connectivity index is 2.56. The Morgan fingerprint density at radius 2 is 2.00 bits per heavy atom. The molecule has 1 aromatic rings. The molecule has 0 saturated carbocycles. The Kier molecular flexibility index (Phi) is 4.88. The monoisotopic (exact) mass is 237 g/mol. The number of hydrogen-bond donors (Lipinski definition) is 1. The standard InChI is InChI=1S/C14H23NS/c1-11-6-5-7-12(8-11)10-16-13(9-15)14(2,3)4/h5-8,13H,9-10,15H2,1-4H3. The quantitative estimate of drug-likeness (QED) is 0.866. The molecule has 90 valence electrons. The Morgan fingerprint density at radius 1 is 1.31 bits per heavy atom. The van der Waals surface area contributed by atoms with Crippen molar-refractivity contribution in [1.29, 1.82) is 0 Å². The Bertz CT molecular complexity index is 328. The van der Waals surface area contributed by atoms with Gasteiger partial charge in [-0.25, -0.2) is 0 Å². The second kappa shape index (κ2) is 5.74. The van der Waals surface area contributed by atoms with Crippen molar-refractivity contribution in [2.75, 3.05) is 6.54 Å². The average Bonchev–Trinajstić information content (AvgIpc) is 2.16. The molecule has 1 unspecified atom stereocenters. The summed E-state index contributed by atoms with van der Waals surface area (Å²) >= 11 is 1.97. The molecule has 0 aliphatic carbocycles. The van der Waals surface area contributed by atoms with Crippen LogP contribution >= 0.6 is 11.8 Å². The van der Waals surface area contributed by atoms with Gasteiger partial charge in [0.05, 0.1) is 0 Å². The molecule has 0 aromatic heterocycles. The Hall–Kier alpha value is -0.470. The van der Waals surface area contributed by atoms with Gasteiger partial charge in [0.25, 0.3) is 0 Å². The number of benzene rings is 1. The van der Waals surface area contributed by atoms with Crippen LogP contribution in [-0.4, -0.2) is 11.8 Å². The molecule has 0 amide bonds. The lowest BCUT2D eigenvalue weighted by atomic mass is 9.92. The summed E-state index contributed by atoms with van der Waals surface area (Å²) < 4.78 is 0. The fourth-order valence-corrected chi connectivity index (χ4v) is 2.88. The lowest BCUT2D eigenvalue weighted by molar-refractivity contribution is 0.398. The van der Waals surface area contributed by atoms with Gasteiger partial charge in [-0.05, 0) is 17.9 Å². The number of aryl methyl sites for hydroxylation is 1. The molecule has 1 atom stereocenters. The van der Waals surface area contributed by atoms with Crippen molar-refractivity contribution in [3.8, 4) is 0 Å². The molecule has 1 rings (SSSR count). The highest BCUT2D eigenvalue weighted by atomic mass is 32.2. The molecule has 16 heavy (non-hydrogen) atoms. The van der Waals surface area contributed by atoms with Gasteiger partial charge in [-0.15, -0.1) is 0 Å². The second-order valence-electron chi connectivity index (χ2n) is 5.39. The molecule has 0 aliphatic heterocycles. The maximum atomic E-state index is 5.83. The Labute approximate surface area is 104 Å². The molecule has 0 saturated heterocycles. The maximum Gasteiger partial charge on any atom is 0.0222 e. The summed E-state index contributed by atoms with van der Waals surface area (Å²) in [6.45, 7) is 9.66. The van der Waals surface area contributed by atoms with Crippen LogP contribution < -0.4 is 5.73 Å². The van der Waals surface area contributed by atoms with Crippen molar-refractivity contribution in [2.24, 2.45) is 11.1 Å². The molecule has 0 heterocycles. The van der Waals surface area contributed by atoms with Crippen LogP contribution in [0.15, 0.2) is 24.3 Å². The van der Waals surface area contributed by atoms with E-state index in [1.54, 1.807) is 0 Å². The van der Waals surface area contributed by atoms with Crippen LogP contribution in [0.3, 0.4) is 0 Å². The van der Waals surface area contributed by atoms with E-state index in [1.165, 1.54) is 11.1 Å². The molecule has 0 spiro atoms. The first-order valence-corrected chi connectivity index (χ1v) is 6.85. The van der Waals surface area contributed by atoms with Crippen LogP contribution in [0.4, 0.5) is 0 Å². The molecular weight excluding hydrogens is 214 g/mol. The minimum atomic E-state index is 0.281. The second-order valence-corrected chi connectivity index (χ2v) is 6.58. The summed E-state index contributed by atoms with van der Waals surface area (Å²) in [5.74, 6) is 1.06. The molecule has 1 nitrogen and oxygen atoms in total. The lowest BCUT2D eigenvalue weighted by Gasteiger charge is -2.29. The van der Waals surface area contributed by atoms with Crippen LogP contribution in [0.25, 0.3) is 0 Å². The summed E-state index contributed by atoms with van der Waals surface area (Å²) in [7, 11) is 0. The van der Waals surface area contributed by atoms with Gasteiger partial charge in [0, 0.05) is 17.5 Å². The average molecular weight is 237 g/mol. The highest BCUT2D eigenvalue weighted by Gasteiger charge is 2.23. The van der Waals surface area contributed by atoms with Gasteiger partial charge in [-0.1, -0.05) is 50.6 Å². The first-order chi connectivity index (χ1) is 7.43. The fourth-order valence-electron chi connectivity index (χ4n) is 1.67. The van der Waals surface area contributed by atoms with Crippen molar-refractivity contribution in [3.63, 3.8) is 0 Å². The van der Waals surface area contributed by atoms with E-state index in [1.807, 2.05) is 11.8 Å². The third kappa shape index (κ3) is 4.18. The van der Waals surface area contributed by atoms with Crippen molar-refractivity contribution < 1.29 is 0 Å². The van der Waals surface area contributed by atoms with Gasteiger partial charge in [0.1, 0.15) is 0 Å². The fraction of sp³-hybridized carbons (Fsp3) is 0.571. The predicted octanol–water partition coefficient (Wildman–Crippen LogP) is 3.60. The summed E-state index contributed by atoms with van der Waals surface area (Å²) in [5.41, 5.74) is 8.84. The predicted molar refractivity (Wildman–Crippen MR) is 74.8 cm³/mol. The van der Waals surface area contributed by atoms with Crippen molar-refractivity contribution in [1.82, 2.24) is 0 Å². The molecular formula is C14H23NS. The summed E-state index contributed by atoms with van der Waals surface area (Å²) in [6.07, 6.45) is 0. The third-order valence-corrected chi connectivity index (χ3v) is 4.52. The zero-order valence-electron chi connectivity index (χ0n) is 10.8. The zero-order valence-corrected chi connectivity index (χ0v) is 11.6. The minimum Gasteiger partial charge on any atom is -0.329 e. The minimum absolute atomic E-state index is 0.281. The molecule has 2 N–H and O–H groups in total. The van der Waals surface area contributed by atoms with Crippen LogP contribution in [-0.2, 0) is 5.75 Å². The van der Waals surface area contributed by atoms with Gasteiger partial charge >= 0.3 is 0 Å². The molecule has 1 aromatic carbocycles. The molecule has 0 bridgehead atoms. The SMILES string of the molecule is Cc1cccc(CSC(CN)C(C)(C)C)c1. The number of nitrogens with two attached hydrogens (primary N) is 1. The van der Waals surface area contributed by atoms with Crippen LogP contribution in [0.5, 0.6) is 0 Å². The van der Waals surface area contributed by atoms with E-state index in [0.717, 1.165) is 12.3 Å². The van der Waals surface area contributed by atoms with E-state index in [4.69, 9.17) is 5.73 Å². The first-order valence-electron chi connectivity index (χ1n) is 5.80. The van der Waals surface area contributed by atoms with Gasteiger partial charge in [-0.2, -0.15) is 11.8 Å². The van der Waals surface area contributed by atoms with E-state index in [-0.39, 0.29) is 5.41 Å². The highest BCUT2D eigenvalue weighted by Crippen LogP contribution is 2.31. The van der Waals surface area contributed by atoms with Gasteiger partial charge in [0.15, 0.2) is 0 Å². The van der Waals surface area contributed by atoms with E-state index >= 15 is 0 Å². The summed E-state index contributed by atoms with van der Waals surface area (Å²) in [5, 5.41) is 0.521.